The Balaban J connectivity index is 2.64. The van der Waals surface area contributed by atoms with Crippen LogP contribution < -0.4 is 0 Å². The first-order chi connectivity index (χ1) is 5.93. The maximum atomic E-state index is 11.6. The maximum Gasteiger partial charge on any atom is 0.274 e. The van der Waals surface area contributed by atoms with Gasteiger partial charge >= 0.3 is 0 Å². The molecule has 0 saturated carbocycles. The molecule has 0 aromatic heterocycles. The molecule has 1 saturated heterocycles. The molecule has 1 amide bonds. The smallest absolute Gasteiger partial charge is 0.274 e. The highest BCUT2D eigenvalue weighted by Crippen LogP contribution is 2.31. The van der Waals surface area contributed by atoms with E-state index >= 15 is 0 Å². The number of hydrogen-bond donors (Lipinski definition) is 0. The first-order valence-electron chi connectivity index (χ1n) is 4.30. The van der Waals surface area contributed by atoms with E-state index in [0.29, 0.717) is 6.54 Å². The van der Waals surface area contributed by atoms with Gasteiger partial charge in [-0.3, -0.25) is 4.79 Å². The van der Waals surface area contributed by atoms with E-state index in [1.165, 1.54) is 0 Å². The van der Waals surface area contributed by atoms with Gasteiger partial charge in [-0.05, 0) is 26.2 Å². The van der Waals surface area contributed by atoms with Gasteiger partial charge in [-0.25, -0.2) is 0 Å². The lowest BCUT2D eigenvalue weighted by Crippen LogP contribution is -2.47. The minimum atomic E-state index is -1.80. The summed E-state index contributed by atoms with van der Waals surface area (Å²) in [5.41, 5.74) is 0. The van der Waals surface area contributed by atoms with Crippen LogP contribution in [-0.4, -0.2) is 27.2 Å². The third-order valence-corrected chi connectivity index (χ3v) is 2.79. The second-order valence-electron chi connectivity index (χ2n) is 3.34. The Labute approximate surface area is 93.1 Å². The van der Waals surface area contributed by atoms with Gasteiger partial charge in [-0.1, -0.05) is 34.8 Å². The van der Waals surface area contributed by atoms with Gasteiger partial charge in [0, 0.05) is 12.6 Å². The predicted octanol–water partition coefficient (Wildman–Crippen LogP) is 2.76. The lowest BCUT2D eigenvalue weighted by molar-refractivity contribution is -0.133. The fourth-order valence-electron chi connectivity index (χ4n) is 1.56. The average Bonchev–Trinajstić information content (AvgIpc) is 2.02. The molecule has 1 atom stereocenters. The summed E-state index contributed by atoms with van der Waals surface area (Å²) in [6, 6.07) is 0.192. The Bertz CT molecular complexity index is 202. The van der Waals surface area contributed by atoms with Crippen LogP contribution in [0.4, 0.5) is 0 Å². The molecule has 0 spiro atoms. The summed E-state index contributed by atoms with van der Waals surface area (Å²) in [5.74, 6) is -0.398. The Morgan fingerprint density at radius 1 is 1.38 bits per heavy atom. The van der Waals surface area contributed by atoms with Crippen LogP contribution in [0.3, 0.4) is 0 Å². The lowest BCUT2D eigenvalue weighted by atomic mass is 10.0. The van der Waals surface area contributed by atoms with Gasteiger partial charge in [0.05, 0.1) is 0 Å². The summed E-state index contributed by atoms with van der Waals surface area (Å²) >= 11 is 16.6. The van der Waals surface area contributed by atoms with Gasteiger partial charge in [0.1, 0.15) is 0 Å². The van der Waals surface area contributed by atoms with Gasteiger partial charge in [-0.15, -0.1) is 0 Å². The molecule has 0 aromatic carbocycles. The number of hydrogen-bond acceptors (Lipinski definition) is 1. The Morgan fingerprint density at radius 2 is 2.00 bits per heavy atom. The highest BCUT2D eigenvalue weighted by Gasteiger charge is 2.37. The van der Waals surface area contributed by atoms with Crippen molar-refractivity contribution in [1.29, 1.82) is 0 Å². The van der Waals surface area contributed by atoms with Gasteiger partial charge in [0.25, 0.3) is 9.70 Å². The molecule has 1 rings (SSSR count). The minimum absolute atomic E-state index is 0.192. The van der Waals surface area contributed by atoms with Crippen LogP contribution in [0.25, 0.3) is 0 Å². The topological polar surface area (TPSA) is 20.3 Å². The van der Waals surface area contributed by atoms with Gasteiger partial charge in [0.15, 0.2) is 0 Å². The molecule has 0 unspecified atom stereocenters. The van der Waals surface area contributed by atoms with Crippen molar-refractivity contribution >= 4 is 40.7 Å². The molecule has 0 N–H and O–H groups in total. The number of rotatable bonds is 0. The monoisotopic (exact) mass is 243 g/mol. The van der Waals surface area contributed by atoms with Crippen molar-refractivity contribution in [3.63, 3.8) is 0 Å². The number of carbonyl (C=O) groups is 1. The van der Waals surface area contributed by atoms with Crippen molar-refractivity contribution < 1.29 is 4.79 Å². The Kier molecular flexibility index (Phi) is 3.73. The largest absolute Gasteiger partial charge is 0.336 e. The fraction of sp³-hybridized carbons (Fsp3) is 0.875. The number of alkyl halides is 3. The average molecular weight is 245 g/mol. The number of amides is 1. The summed E-state index contributed by atoms with van der Waals surface area (Å²) in [5, 5.41) is 0. The predicted molar refractivity (Wildman–Crippen MR) is 55.3 cm³/mol. The fourth-order valence-corrected chi connectivity index (χ4v) is 1.89. The van der Waals surface area contributed by atoms with Crippen LogP contribution in [0.15, 0.2) is 0 Å². The van der Waals surface area contributed by atoms with Crippen molar-refractivity contribution in [2.75, 3.05) is 6.54 Å². The van der Waals surface area contributed by atoms with E-state index < -0.39 is 9.70 Å². The van der Waals surface area contributed by atoms with Crippen molar-refractivity contribution in [1.82, 2.24) is 4.90 Å². The van der Waals surface area contributed by atoms with Crippen molar-refractivity contribution in [2.24, 2.45) is 0 Å². The summed E-state index contributed by atoms with van der Waals surface area (Å²) < 4.78 is -1.80. The quantitative estimate of drug-likeness (QED) is 0.600. The molecule has 1 heterocycles. The van der Waals surface area contributed by atoms with Crippen LogP contribution in [0.1, 0.15) is 26.2 Å². The first kappa shape index (κ1) is 11.4. The van der Waals surface area contributed by atoms with Gasteiger partial charge in [-0.2, -0.15) is 0 Å². The molecule has 1 fully saturated rings. The molecular weight excluding hydrogens is 232 g/mol. The van der Waals surface area contributed by atoms with Crippen LogP contribution in [0.5, 0.6) is 0 Å². The molecule has 2 nitrogen and oxygen atoms in total. The van der Waals surface area contributed by atoms with E-state index in [2.05, 4.69) is 0 Å². The summed E-state index contributed by atoms with van der Waals surface area (Å²) in [6.45, 7) is 2.68. The number of nitrogens with zero attached hydrogens (tertiary/aromatic N) is 1. The first-order valence-corrected chi connectivity index (χ1v) is 5.44. The number of carbonyl (C=O) groups excluding carboxylic acids is 1. The second-order valence-corrected chi connectivity index (χ2v) is 5.62. The van der Waals surface area contributed by atoms with Crippen molar-refractivity contribution in [3.05, 3.63) is 0 Å². The summed E-state index contributed by atoms with van der Waals surface area (Å²) in [7, 11) is 0. The van der Waals surface area contributed by atoms with Crippen molar-refractivity contribution in [2.45, 2.75) is 36.0 Å². The molecule has 0 aromatic rings. The summed E-state index contributed by atoms with van der Waals surface area (Å²) in [4.78, 5) is 13.2. The van der Waals surface area contributed by atoms with Crippen molar-refractivity contribution in [3.8, 4) is 0 Å². The third-order valence-electron chi connectivity index (χ3n) is 2.31. The zero-order valence-electron chi connectivity index (χ0n) is 7.40. The zero-order chi connectivity index (χ0) is 10.1. The minimum Gasteiger partial charge on any atom is -0.336 e. The highest BCUT2D eigenvalue weighted by molar-refractivity contribution is 6.76. The second kappa shape index (κ2) is 4.24. The van der Waals surface area contributed by atoms with Gasteiger partial charge < -0.3 is 4.90 Å². The molecule has 13 heavy (non-hydrogen) atoms. The number of piperidine rings is 1. The maximum absolute atomic E-state index is 11.6. The van der Waals surface area contributed by atoms with E-state index in [-0.39, 0.29) is 6.04 Å². The highest BCUT2D eigenvalue weighted by atomic mass is 35.6. The molecule has 0 radical (unpaired) electrons. The normalized spacial score (nSPS) is 24.6. The van der Waals surface area contributed by atoms with Crippen LogP contribution in [0.2, 0.25) is 0 Å². The molecule has 5 heteroatoms. The zero-order valence-corrected chi connectivity index (χ0v) is 9.66. The standard InChI is InChI=1S/C8H12Cl3NO/c1-6-4-2-3-5-12(6)7(13)8(9,10)11/h6H,2-5H2,1H3/t6-/m0/s1. The van der Waals surface area contributed by atoms with E-state index in [0.717, 1.165) is 19.3 Å². The van der Waals surface area contributed by atoms with Gasteiger partial charge in [0.2, 0.25) is 0 Å². The lowest BCUT2D eigenvalue weighted by Gasteiger charge is -2.35. The van der Waals surface area contributed by atoms with Crippen LogP contribution >= 0.6 is 34.8 Å². The number of halogens is 3. The van der Waals surface area contributed by atoms with E-state index in [9.17, 15) is 4.79 Å². The molecule has 1 aliphatic rings. The molecular formula is C8H12Cl3NO. The molecule has 1 aliphatic heterocycles. The molecule has 76 valence electrons. The molecule has 0 aliphatic carbocycles. The third kappa shape index (κ3) is 2.90. The van der Waals surface area contributed by atoms with E-state index in [1.54, 1.807) is 4.90 Å². The van der Waals surface area contributed by atoms with Crippen LogP contribution in [0, 0.1) is 0 Å². The van der Waals surface area contributed by atoms with E-state index in [4.69, 9.17) is 34.8 Å². The van der Waals surface area contributed by atoms with Crippen LogP contribution in [-0.2, 0) is 4.79 Å². The molecule has 0 bridgehead atoms. The number of likely N-dealkylation sites (tertiary alicyclic amines) is 1. The SMILES string of the molecule is C[C@H]1CCCCN1C(=O)C(Cl)(Cl)Cl. The van der Waals surface area contributed by atoms with E-state index in [1.807, 2.05) is 6.92 Å². The summed E-state index contributed by atoms with van der Waals surface area (Å²) in [6.07, 6.45) is 3.13. The Hall–Kier alpha value is 0.340. The Morgan fingerprint density at radius 3 is 2.46 bits per heavy atom.